The maximum absolute atomic E-state index is 2.97. The lowest BCUT2D eigenvalue weighted by Crippen LogP contribution is -2.77. The van der Waals surface area contributed by atoms with Crippen molar-refractivity contribution in [2.75, 3.05) is 13.1 Å². The SMILES string of the molecule is CCN(CC)C1N(C2CCCCC2)[SiH2]N1C1CCCCC1. The number of nitrogens with zero attached hydrogens (tertiary/aromatic N) is 3. The second-order valence-corrected chi connectivity index (χ2v) is 9.06. The Hall–Kier alpha value is 0.0969. The van der Waals surface area contributed by atoms with Gasteiger partial charge in [-0.2, -0.15) is 0 Å². The van der Waals surface area contributed by atoms with Crippen LogP contribution in [-0.4, -0.2) is 55.3 Å². The molecule has 3 nitrogen and oxygen atoms in total. The molecule has 0 bridgehead atoms. The zero-order chi connectivity index (χ0) is 14.7. The topological polar surface area (TPSA) is 9.72 Å². The fourth-order valence-corrected chi connectivity index (χ4v) is 7.27. The van der Waals surface area contributed by atoms with Gasteiger partial charge in [0.15, 0.2) is 9.84 Å². The monoisotopic (exact) mass is 309 g/mol. The van der Waals surface area contributed by atoms with Crippen molar-refractivity contribution in [3.63, 3.8) is 0 Å². The summed E-state index contributed by atoms with van der Waals surface area (Å²) in [6, 6.07) is 1.85. The van der Waals surface area contributed by atoms with E-state index in [2.05, 4.69) is 27.9 Å². The van der Waals surface area contributed by atoms with Crippen molar-refractivity contribution in [1.82, 2.24) is 14.0 Å². The Morgan fingerprint density at radius 1 is 0.762 bits per heavy atom. The first-order valence-corrected chi connectivity index (χ1v) is 10.9. The predicted octanol–water partition coefficient (Wildman–Crippen LogP) is 2.89. The Labute approximate surface area is 134 Å². The molecule has 3 aliphatic rings. The van der Waals surface area contributed by atoms with Crippen LogP contribution in [0.5, 0.6) is 0 Å². The molecule has 4 heteroatoms. The summed E-state index contributed by atoms with van der Waals surface area (Å²) < 4.78 is 5.95. The van der Waals surface area contributed by atoms with E-state index in [4.69, 9.17) is 0 Å². The smallest absolute Gasteiger partial charge is 0.178 e. The summed E-state index contributed by atoms with van der Waals surface area (Å²) in [4.78, 5) is 2.72. The molecule has 3 rings (SSSR count). The van der Waals surface area contributed by atoms with E-state index < -0.39 is 0 Å². The molecule has 2 aliphatic carbocycles. The van der Waals surface area contributed by atoms with Crippen molar-refractivity contribution in [3.05, 3.63) is 0 Å². The van der Waals surface area contributed by atoms with E-state index in [0.29, 0.717) is 6.29 Å². The Morgan fingerprint density at radius 2 is 1.19 bits per heavy atom. The Kier molecular flexibility index (Phi) is 5.76. The van der Waals surface area contributed by atoms with E-state index >= 15 is 0 Å². The molecule has 21 heavy (non-hydrogen) atoms. The van der Waals surface area contributed by atoms with Crippen LogP contribution < -0.4 is 0 Å². The number of hydrogen-bond donors (Lipinski definition) is 0. The van der Waals surface area contributed by atoms with E-state index in [0.717, 1.165) is 12.1 Å². The first kappa shape index (κ1) is 16.0. The minimum Gasteiger partial charge on any atom is -0.286 e. The quantitative estimate of drug-likeness (QED) is 0.723. The fourth-order valence-electron chi connectivity index (χ4n) is 4.83. The van der Waals surface area contributed by atoms with Crippen LogP contribution in [0.25, 0.3) is 0 Å². The van der Waals surface area contributed by atoms with Gasteiger partial charge in [-0.15, -0.1) is 0 Å². The molecule has 0 unspecified atom stereocenters. The Bertz CT molecular complexity index is 285. The summed E-state index contributed by atoms with van der Waals surface area (Å²) in [5.74, 6) is 0. The first-order chi connectivity index (χ1) is 10.3. The summed E-state index contributed by atoms with van der Waals surface area (Å²) in [5.41, 5.74) is 0. The summed E-state index contributed by atoms with van der Waals surface area (Å²) in [6.07, 6.45) is 15.4. The van der Waals surface area contributed by atoms with Crippen molar-refractivity contribution in [2.45, 2.75) is 96.4 Å². The third-order valence-corrected chi connectivity index (χ3v) is 8.49. The van der Waals surface area contributed by atoms with Gasteiger partial charge in [0.25, 0.3) is 0 Å². The third kappa shape index (κ3) is 3.38. The van der Waals surface area contributed by atoms with Crippen LogP contribution in [0.15, 0.2) is 0 Å². The maximum atomic E-state index is 2.97. The minimum atomic E-state index is -0.141. The predicted molar refractivity (Wildman–Crippen MR) is 92.7 cm³/mol. The maximum Gasteiger partial charge on any atom is 0.178 e. The van der Waals surface area contributed by atoms with Crippen molar-refractivity contribution in [2.24, 2.45) is 0 Å². The van der Waals surface area contributed by atoms with Crippen LogP contribution in [0.4, 0.5) is 0 Å². The molecule has 0 atom stereocenters. The largest absolute Gasteiger partial charge is 0.286 e. The number of rotatable bonds is 5. The highest BCUT2D eigenvalue weighted by atomic mass is 28.2. The van der Waals surface area contributed by atoms with Crippen LogP contribution >= 0.6 is 0 Å². The van der Waals surface area contributed by atoms with Gasteiger partial charge in [0.2, 0.25) is 0 Å². The normalized spacial score (nSPS) is 31.9. The minimum absolute atomic E-state index is 0.141. The van der Waals surface area contributed by atoms with E-state index in [1.807, 2.05) is 0 Å². The van der Waals surface area contributed by atoms with E-state index in [9.17, 15) is 0 Å². The summed E-state index contributed by atoms with van der Waals surface area (Å²) in [6.45, 7) is 7.12. The summed E-state index contributed by atoms with van der Waals surface area (Å²) in [7, 11) is -0.141. The highest BCUT2D eigenvalue weighted by Gasteiger charge is 2.46. The number of hydrogen-bond acceptors (Lipinski definition) is 3. The third-order valence-electron chi connectivity index (χ3n) is 6.15. The molecule has 0 N–H and O–H groups in total. The van der Waals surface area contributed by atoms with E-state index in [-0.39, 0.29) is 9.84 Å². The molecule has 0 aromatic carbocycles. The van der Waals surface area contributed by atoms with Crippen molar-refractivity contribution < 1.29 is 0 Å². The van der Waals surface area contributed by atoms with Crippen molar-refractivity contribution in [1.29, 1.82) is 0 Å². The van der Waals surface area contributed by atoms with Gasteiger partial charge in [0.05, 0.1) is 0 Å². The van der Waals surface area contributed by atoms with Gasteiger partial charge in [0.1, 0.15) is 6.29 Å². The van der Waals surface area contributed by atoms with Crippen LogP contribution in [-0.2, 0) is 0 Å². The van der Waals surface area contributed by atoms with Gasteiger partial charge in [-0.1, -0.05) is 52.4 Å². The lowest BCUT2D eigenvalue weighted by atomic mass is 9.94. The van der Waals surface area contributed by atoms with Crippen LogP contribution in [0.2, 0.25) is 0 Å². The molecule has 3 fully saturated rings. The molecule has 0 aromatic rings. The van der Waals surface area contributed by atoms with Gasteiger partial charge in [0, 0.05) is 12.1 Å². The van der Waals surface area contributed by atoms with Crippen molar-refractivity contribution >= 4 is 9.84 Å². The molecule has 2 saturated carbocycles. The summed E-state index contributed by atoms with van der Waals surface area (Å²) >= 11 is 0. The molecule has 0 radical (unpaired) electrons. The highest BCUT2D eigenvalue weighted by molar-refractivity contribution is 6.32. The molecule has 0 spiro atoms. The average molecular weight is 310 g/mol. The molecular weight excluding hydrogens is 274 g/mol. The second-order valence-electron chi connectivity index (χ2n) is 7.32. The molecule has 0 aromatic heterocycles. The standard InChI is InChI=1S/C17H35N3Si/c1-3-18(4-2)17-19(15-11-7-5-8-12-15)21-20(17)16-13-9-6-10-14-16/h15-17H,3-14,21H2,1-2H3. The average Bonchev–Trinajstić information content (AvgIpc) is 2.53. The molecule has 1 heterocycles. The van der Waals surface area contributed by atoms with Gasteiger partial charge in [-0.05, 0) is 38.8 Å². The molecule has 1 aliphatic heterocycles. The Balaban J connectivity index is 1.66. The lowest BCUT2D eigenvalue weighted by molar-refractivity contribution is -0.0868. The molecule has 0 amide bonds. The van der Waals surface area contributed by atoms with Crippen LogP contribution in [0, 0.1) is 0 Å². The van der Waals surface area contributed by atoms with Crippen molar-refractivity contribution in [3.8, 4) is 0 Å². The lowest BCUT2D eigenvalue weighted by Gasteiger charge is -2.61. The summed E-state index contributed by atoms with van der Waals surface area (Å²) in [5, 5.41) is 0. The van der Waals surface area contributed by atoms with Gasteiger partial charge in [-0.25, -0.2) is 0 Å². The zero-order valence-electron chi connectivity index (χ0n) is 14.3. The molecule has 1 saturated heterocycles. The van der Waals surface area contributed by atoms with Gasteiger partial charge < -0.3 is 0 Å². The van der Waals surface area contributed by atoms with Gasteiger partial charge in [-0.3, -0.25) is 14.0 Å². The molecule has 122 valence electrons. The fraction of sp³-hybridized carbons (Fsp3) is 1.00. The van der Waals surface area contributed by atoms with Crippen LogP contribution in [0.1, 0.15) is 78.1 Å². The Morgan fingerprint density at radius 3 is 1.57 bits per heavy atom. The van der Waals surface area contributed by atoms with E-state index in [1.165, 1.54) is 77.3 Å². The van der Waals surface area contributed by atoms with E-state index in [1.54, 1.807) is 0 Å². The highest BCUT2D eigenvalue weighted by Crippen LogP contribution is 2.35. The zero-order valence-corrected chi connectivity index (χ0v) is 15.7. The van der Waals surface area contributed by atoms with Gasteiger partial charge >= 0.3 is 0 Å². The molecular formula is C17H35N3Si. The second kappa shape index (κ2) is 7.58. The first-order valence-electron chi connectivity index (χ1n) is 9.60. The van der Waals surface area contributed by atoms with Crippen LogP contribution in [0.3, 0.4) is 0 Å².